The van der Waals surface area contributed by atoms with E-state index < -0.39 is 31.2 Å². The van der Waals surface area contributed by atoms with Crippen LogP contribution in [0.1, 0.15) is 65.5 Å². The van der Waals surface area contributed by atoms with Crippen molar-refractivity contribution in [1.29, 1.82) is 0 Å². The Kier molecular flexibility index (Phi) is 18.3. The van der Waals surface area contributed by atoms with E-state index in [2.05, 4.69) is 51.5 Å². The number of hydrogen-bond acceptors (Lipinski definition) is 18. The number of hydrogen-bond donors (Lipinski definition) is 1. The Labute approximate surface area is 423 Å². The molecule has 392 valence electrons. The molecule has 9 rings (SSSR count). The number of halogens is 5. The molecule has 5 fully saturated rings. The molecule has 0 aromatic carbocycles. The van der Waals surface area contributed by atoms with Gasteiger partial charge in [0.15, 0.2) is 5.82 Å². The molecule has 2 N–H and O–H groups in total. The van der Waals surface area contributed by atoms with Crippen molar-refractivity contribution in [2.24, 2.45) is 4.99 Å². The number of aromatic nitrogens is 6. The van der Waals surface area contributed by atoms with Crippen LogP contribution in [0, 0.1) is 0 Å². The average Bonchev–Trinajstić information content (AvgIpc) is 3.59. The molecule has 25 heteroatoms. The second kappa shape index (κ2) is 24.2. The van der Waals surface area contributed by atoms with Gasteiger partial charge in [-0.1, -0.05) is 11.6 Å². The van der Waals surface area contributed by atoms with Gasteiger partial charge < -0.3 is 58.5 Å². The first-order valence-corrected chi connectivity index (χ1v) is 24.3. The van der Waals surface area contributed by atoms with Gasteiger partial charge in [0.05, 0.1) is 88.2 Å². The SMILES string of the molecule is CN(C)C=Nc1cc(C(F)F)c(B2OC(C)(C)C(C)(C)O2)cn1.C[C@H]1COCCN1c1cc(-c2cnc(N)cc2C(F)F)nc(N2CCOCC2)n1.C[C@H]1COCCN1c1cc(Cl)nc(N2CCOCC2)n1. The summed E-state index contributed by atoms with van der Waals surface area (Å²) in [6, 6.07) is 6.45. The van der Waals surface area contributed by atoms with Crippen molar-refractivity contribution in [3.05, 3.63) is 52.9 Å². The van der Waals surface area contributed by atoms with E-state index in [-0.39, 0.29) is 39.8 Å². The van der Waals surface area contributed by atoms with Gasteiger partial charge in [-0.3, -0.25) is 0 Å². The van der Waals surface area contributed by atoms with Gasteiger partial charge >= 0.3 is 7.12 Å². The van der Waals surface area contributed by atoms with E-state index in [1.54, 1.807) is 25.1 Å². The third kappa shape index (κ3) is 13.7. The molecule has 9 heterocycles. The summed E-state index contributed by atoms with van der Waals surface area (Å²) >= 11 is 6.17. The van der Waals surface area contributed by atoms with Crippen LogP contribution in [-0.4, -0.2) is 178 Å². The molecule has 0 amide bonds. The zero-order valence-corrected chi connectivity index (χ0v) is 42.9. The molecule has 0 bridgehead atoms. The Morgan fingerprint density at radius 1 is 0.694 bits per heavy atom. The summed E-state index contributed by atoms with van der Waals surface area (Å²) in [6.07, 6.45) is -1.14. The Morgan fingerprint density at radius 3 is 1.72 bits per heavy atom. The lowest BCUT2D eigenvalue weighted by atomic mass is 9.77. The first-order chi connectivity index (χ1) is 34.3. The van der Waals surface area contributed by atoms with E-state index in [9.17, 15) is 17.6 Å². The molecule has 5 aliphatic heterocycles. The van der Waals surface area contributed by atoms with E-state index in [1.807, 2.05) is 45.6 Å². The molecule has 19 nitrogen and oxygen atoms in total. The predicted molar refractivity (Wildman–Crippen MR) is 270 cm³/mol. The second-order valence-corrected chi connectivity index (χ2v) is 19.3. The van der Waals surface area contributed by atoms with Gasteiger partial charge in [0.1, 0.15) is 22.6 Å². The van der Waals surface area contributed by atoms with Gasteiger partial charge in [-0.25, -0.2) is 42.5 Å². The molecule has 4 aromatic rings. The Hall–Kier alpha value is -5.24. The number of nitrogen functional groups attached to an aromatic ring is 1. The monoisotopic (exact) mass is 1030 g/mol. The minimum Gasteiger partial charge on any atom is -0.399 e. The van der Waals surface area contributed by atoms with Crippen LogP contribution in [0.15, 0.2) is 41.7 Å². The number of anilines is 5. The minimum atomic E-state index is -2.69. The number of nitrogens with two attached hydrogens (primary N) is 1. The van der Waals surface area contributed by atoms with Gasteiger partial charge in [-0.15, -0.1) is 0 Å². The first kappa shape index (κ1) is 54.5. The zero-order valence-electron chi connectivity index (χ0n) is 42.1. The summed E-state index contributed by atoms with van der Waals surface area (Å²) in [5, 5.41) is 0.482. The first-order valence-electron chi connectivity index (χ1n) is 24.0. The number of rotatable bonds is 10. The molecule has 0 aliphatic carbocycles. The summed E-state index contributed by atoms with van der Waals surface area (Å²) in [5.41, 5.74) is 4.97. The van der Waals surface area contributed by atoms with Gasteiger partial charge in [0.2, 0.25) is 11.9 Å². The van der Waals surface area contributed by atoms with E-state index >= 15 is 0 Å². The largest absolute Gasteiger partial charge is 0.496 e. The lowest BCUT2D eigenvalue weighted by Gasteiger charge is -2.35. The van der Waals surface area contributed by atoms with E-state index in [0.717, 1.165) is 32.1 Å². The summed E-state index contributed by atoms with van der Waals surface area (Å²) in [4.78, 5) is 40.7. The lowest BCUT2D eigenvalue weighted by Crippen LogP contribution is -2.44. The molecule has 0 saturated carbocycles. The normalized spacial score (nSPS) is 21.2. The molecule has 5 aliphatic rings. The summed E-state index contributed by atoms with van der Waals surface area (Å²) in [7, 11) is 2.70. The average molecular weight is 1030 g/mol. The Bertz CT molecular complexity index is 2440. The van der Waals surface area contributed by atoms with E-state index in [1.165, 1.54) is 30.9 Å². The van der Waals surface area contributed by atoms with Gasteiger partial charge in [0.25, 0.3) is 12.9 Å². The topological polar surface area (TPSA) is 187 Å². The lowest BCUT2D eigenvalue weighted by molar-refractivity contribution is 0.00578. The number of aliphatic imine (C=N–C) groups is 1. The maximum Gasteiger partial charge on any atom is 0.496 e. The van der Waals surface area contributed by atoms with Crippen LogP contribution in [0.5, 0.6) is 0 Å². The summed E-state index contributed by atoms with van der Waals surface area (Å²) in [5.74, 6) is 3.01. The fraction of sp³-hybridized carbons (Fsp3) is 0.596. The molecule has 72 heavy (non-hydrogen) atoms. The minimum absolute atomic E-state index is 0.0496. The number of morpholine rings is 4. The maximum absolute atomic E-state index is 13.7. The van der Waals surface area contributed by atoms with Crippen molar-refractivity contribution in [1.82, 2.24) is 34.8 Å². The maximum atomic E-state index is 13.7. The molecule has 4 aromatic heterocycles. The highest BCUT2D eigenvalue weighted by Gasteiger charge is 2.52. The highest BCUT2D eigenvalue weighted by molar-refractivity contribution is 6.62. The fourth-order valence-electron chi connectivity index (χ4n) is 8.15. The van der Waals surface area contributed by atoms with E-state index in [0.29, 0.717) is 100 Å². The van der Waals surface area contributed by atoms with Crippen molar-refractivity contribution in [2.75, 3.05) is 132 Å². The number of alkyl halides is 4. The molecule has 5 saturated heterocycles. The van der Waals surface area contributed by atoms with Crippen LogP contribution in [0.3, 0.4) is 0 Å². The summed E-state index contributed by atoms with van der Waals surface area (Å²) in [6.45, 7) is 21.2. The number of nitrogens with zero attached hydrogens (tertiary/aromatic N) is 12. The van der Waals surface area contributed by atoms with Gasteiger partial charge in [-0.2, -0.15) is 9.97 Å². The molecular weight excluding hydrogens is 965 g/mol. The number of ether oxygens (including phenoxy) is 4. The van der Waals surface area contributed by atoms with Gasteiger partial charge in [0, 0.05) is 100 Å². The van der Waals surface area contributed by atoms with Crippen LogP contribution in [0.25, 0.3) is 11.3 Å². The third-order valence-corrected chi connectivity index (χ3v) is 13.1. The second-order valence-electron chi connectivity index (χ2n) is 19.0. The van der Waals surface area contributed by atoms with Crippen LogP contribution in [-0.2, 0) is 28.3 Å². The predicted octanol–water partition coefficient (Wildman–Crippen LogP) is 5.85. The molecule has 0 radical (unpaired) electrons. The van der Waals surface area contributed by atoms with E-state index in [4.69, 9.17) is 50.6 Å². The van der Waals surface area contributed by atoms with Crippen molar-refractivity contribution >= 4 is 65.7 Å². The van der Waals surface area contributed by atoms with Crippen molar-refractivity contribution in [2.45, 2.75) is 77.7 Å². The van der Waals surface area contributed by atoms with Crippen LogP contribution < -0.4 is 30.8 Å². The Balaban J connectivity index is 0.000000162. The fourth-order valence-corrected chi connectivity index (χ4v) is 8.32. The van der Waals surface area contributed by atoms with Crippen LogP contribution >= 0.6 is 11.6 Å². The highest BCUT2D eigenvalue weighted by atomic mass is 35.5. The Morgan fingerprint density at radius 2 is 1.21 bits per heavy atom. The molecule has 0 spiro atoms. The smallest absolute Gasteiger partial charge is 0.399 e. The summed E-state index contributed by atoms with van der Waals surface area (Å²) < 4.78 is 87.7. The van der Waals surface area contributed by atoms with Crippen molar-refractivity contribution in [3.8, 4) is 11.3 Å². The third-order valence-electron chi connectivity index (χ3n) is 12.9. The standard InChI is InChI=1S/C19H24F2N6O2.C15H22BF2N3O2.C13H19ClN4O2/c1-12-11-29-7-4-27(12)17-9-15(14-10-23-16(22)8-13(14)18(20)21)24-19(25-17)26-2-5-28-6-3-26;1-14(2)15(3,4)23-16(22-14)11-8-19-12(20-9-21(5)6)7-10(11)13(17)18;1-10-9-20-7-4-18(10)12-8-11(14)15-13(16-12)17-2-5-19-6-3-17/h8-10,12,18H,2-7,11H2,1H3,(H2,22,23);7-9,13H,1-6H3;8,10H,2-7,9H2,1H3/t12-;;10-/m0.0/s1. The van der Waals surface area contributed by atoms with Gasteiger partial charge in [-0.05, 0) is 53.7 Å². The molecule has 0 unspecified atom stereocenters. The van der Waals surface area contributed by atoms with Crippen LogP contribution in [0.4, 0.5) is 52.7 Å². The zero-order chi connectivity index (χ0) is 51.7. The quantitative estimate of drug-likeness (QED) is 0.0655. The highest BCUT2D eigenvalue weighted by Crippen LogP contribution is 2.38. The molecule has 2 atom stereocenters. The van der Waals surface area contributed by atoms with Crippen molar-refractivity contribution < 1.29 is 45.8 Å². The molecular formula is C47H65BClF4N13O6. The van der Waals surface area contributed by atoms with Crippen LogP contribution in [0.2, 0.25) is 5.15 Å². The van der Waals surface area contributed by atoms with Crippen molar-refractivity contribution in [3.63, 3.8) is 0 Å². The number of pyridine rings is 2.